The van der Waals surface area contributed by atoms with Gasteiger partial charge in [-0.1, -0.05) is 102 Å². The van der Waals surface area contributed by atoms with Crippen molar-refractivity contribution >= 4 is 29.7 Å². The lowest BCUT2D eigenvalue weighted by Crippen LogP contribution is -2.53. The number of nitrogens with one attached hydrogen (secondary N) is 2. The van der Waals surface area contributed by atoms with Crippen molar-refractivity contribution < 1.29 is 61.9 Å². The topological polar surface area (TPSA) is 225 Å². The van der Waals surface area contributed by atoms with Crippen LogP contribution in [-0.2, 0) is 70.0 Å². The van der Waals surface area contributed by atoms with Crippen molar-refractivity contribution in [3.63, 3.8) is 0 Å². The predicted octanol–water partition coefficient (Wildman–Crippen LogP) is 5.35. The van der Waals surface area contributed by atoms with Crippen LogP contribution < -0.4 is 16.5 Å². The third-order valence-corrected chi connectivity index (χ3v) is 11.2. The van der Waals surface area contributed by atoms with E-state index in [9.17, 15) is 24.0 Å². The summed E-state index contributed by atoms with van der Waals surface area (Å²) in [5, 5.41) is 4.41. The number of ether oxygens (including phenoxy) is 8. The number of carbonyl (C=O) groups excluding carboxylic acids is 5. The van der Waals surface area contributed by atoms with Crippen LogP contribution in [0.5, 0.6) is 0 Å². The number of rotatable bonds is 33. The highest BCUT2D eigenvalue weighted by molar-refractivity contribution is 5.88. The number of benzene rings is 2. The van der Waals surface area contributed by atoms with E-state index in [1.165, 1.54) is 7.11 Å². The Hall–Kier alpha value is -5.34. The number of nitrogens with zero attached hydrogens (tertiary/aromatic N) is 2. The van der Waals surface area contributed by atoms with Gasteiger partial charge < -0.3 is 48.9 Å². The second-order valence-corrected chi connectivity index (χ2v) is 18.8. The first-order valence-electron chi connectivity index (χ1n) is 23.8. The second kappa shape index (κ2) is 31.8. The predicted molar refractivity (Wildman–Crippen MR) is 263 cm³/mol. The summed E-state index contributed by atoms with van der Waals surface area (Å²) in [7, 11) is 2.89. The molecule has 388 valence electrons. The zero-order valence-electron chi connectivity index (χ0n) is 42.4. The van der Waals surface area contributed by atoms with Gasteiger partial charge >= 0.3 is 18.0 Å². The number of carbonyl (C=O) groups is 5. The van der Waals surface area contributed by atoms with Crippen LogP contribution in [0.25, 0.3) is 11.3 Å². The Morgan fingerprint density at radius 1 is 0.671 bits per heavy atom. The van der Waals surface area contributed by atoms with Gasteiger partial charge in [-0.2, -0.15) is 0 Å². The minimum atomic E-state index is -1.02. The fraction of sp³-hybridized carbons (Fsp3) is 0.577. The van der Waals surface area contributed by atoms with Crippen molar-refractivity contribution in [2.45, 2.75) is 79.5 Å². The van der Waals surface area contributed by atoms with Gasteiger partial charge in [0.25, 0.3) is 0 Å². The normalized spacial score (nSPS) is 13.5. The summed E-state index contributed by atoms with van der Waals surface area (Å²) in [6, 6.07) is 21.7. The van der Waals surface area contributed by atoms with Crippen LogP contribution >= 0.6 is 0 Å². The van der Waals surface area contributed by atoms with E-state index in [1.54, 1.807) is 18.3 Å². The van der Waals surface area contributed by atoms with Crippen molar-refractivity contribution in [1.29, 1.82) is 0 Å². The molecule has 0 fully saturated rings. The van der Waals surface area contributed by atoms with Crippen LogP contribution in [0.15, 0.2) is 79.0 Å². The number of pyridine rings is 1. The number of Topliss-reactive ketones (excluding diaryl/α,β-unsaturated/α-hetero) is 1. The minimum Gasteiger partial charge on any atom is -0.469 e. The highest BCUT2D eigenvalue weighted by atomic mass is 16.6. The second-order valence-electron chi connectivity index (χ2n) is 18.8. The molecule has 0 aliphatic heterocycles. The fourth-order valence-electron chi connectivity index (χ4n) is 7.34. The average Bonchev–Trinajstić information content (AvgIpc) is 3.33. The largest absolute Gasteiger partial charge is 0.469 e. The summed E-state index contributed by atoms with van der Waals surface area (Å²) in [6.07, 6.45) is -0.150. The van der Waals surface area contributed by atoms with E-state index in [0.29, 0.717) is 46.2 Å². The van der Waals surface area contributed by atoms with E-state index in [-0.39, 0.29) is 58.0 Å². The van der Waals surface area contributed by atoms with Crippen molar-refractivity contribution in [2.24, 2.45) is 28.4 Å². The van der Waals surface area contributed by atoms with Crippen LogP contribution in [0.4, 0.5) is 4.79 Å². The van der Waals surface area contributed by atoms with E-state index in [1.807, 2.05) is 114 Å². The standard InChI is InChI=1S/C52H77N5O13/c1-51(2,3)42(34-46(59)64-8)49(61)56-57(36-39-17-19-40(20-18-39)43-16-12-13-21-54-43)37-45(70-47(60)35-53)41(32-38-14-10-9-11-15-38)33-44(58)48(52(4,5)6)55-50(62)69-31-30-68-29-28-67-27-26-66-25-24-65-23-22-63-7/h9-21,41-42,45,48H,22-37,53H2,1-8H3,(H,55,62)(H,56,61)/t41-,42-,45+,48-/m1/s1. The van der Waals surface area contributed by atoms with E-state index in [0.717, 1.165) is 22.4 Å². The summed E-state index contributed by atoms with van der Waals surface area (Å²) in [4.78, 5) is 72.3. The quantitative estimate of drug-likeness (QED) is 0.0303. The number of hydrazine groups is 1. The van der Waals surface area contributed by atoms with Crippen LogP contribution in [-0.4, -0.2) is 145 Å². The van der Waals surface area contributed by atoms with Crippen LogP contribution in [0.3, 0.4) is 0 Å². The number of nitrogens with two attached hydrogens (primary N) is 1. The first-order chi connectivity index (χ1) is 33.4. The zero-order valence-corrected chi connectivity index (χ0v) is 42.4. The first-order valence-corrected chi connectivity index (χ1v) is 23.8. The van der Waals surface area contributed by atoms with Gasteiger partial charge in [0, 0.05) is 37.8 Å². The van der Waals surface area contributed by atoms with Crippen LogP contribution in [0.1, 0.15) is 65.5 Å². The number of aromatic nitrogens is 1. The molecule has 1 aromatic heterocycles. The molecule has 0 saturated heterocycles. The van der Waals surface area contributed by atoms with E-state index in [2.05, 4.69) is 15.7 Å². The maximum Gasteiger partial charge on any atom is 0.407 e. The van der Waals surface area contributed by atoms with Crippen molar-refractivity contribution in [3.8, 4) is 11.3 Å². The third-order valence-electron chi connectivity index (χ3n) is 11.2. The highest BCUT2D eigenvalue weighted by Crippen LogP contribution is 2.31. The molecule has 0 aliphatic rings. The zero-order chi connectivity index (χ0) is 51.4. The summed E-state index contributed by atoms with van der Waals surface area (Å²) in [5.41, 5.74) is 10.8. The molecule has 70 heavy (non-hydrogen) atoms. The first kappa shape index (κ1) is 59.0. The highest BCUT2D eigenvalue weighted by Gasteiger charge is 2.39. The Kier molecular flexibility index (Phi) is 26.8. The lowest BCUT2D eigenvalue weighted by molar-refractivity contribution is -0.155. The smallest absolute Gasteiger partial charge is 0.407 e. The number of ketones is 1. The van der Waals surface area contributed by atoms with Crippen molar-refractivity contribution in [1.82, 2.24) is 20.7 Å². The molecule has 3 aromatic rings. The van der Waals surface area contributed by atoms with Gasteiger partial charge in [-0.05, 0) is 40.5 Å². The Balaban J connectivity index is 1.82. The van der Waals surface area contributed by atoms with Crippen molar-refractivity contribution in [3.05, 3.63) is 90.1 Å². The molecule has 18 heteroatoms. The van der Waals surface area contributed by atoms with Gasteiger partial charge in [-0.25, -0.2) is 9.80 Å². The van der Waals surface area contributed by atoms with Gasteiger partial charge in [0.1, 0.15) is 12.7 Å². The molecule has 1 heterocycles. The van der Waals surface area contributed by atoms with Gasteiger partial charge in [0.15, 0.2) is 5.78 Å². The molecule has 0 radical (unpaired) electrons. The average molecular weight is 980 g/mol. The van der Waals surface area contributed by atoms with Crippen LogP contribution in [0, 0.1) is 22.7 Å². The summed E-state index contributed by atoms with van der Waals surface area (Å²) in [6.45, 7) is 14.1. The number of hydrogen-bond donors (Lipinski definition) is 3. The van der Waals surface area contributed by atoms with E-state index < -0.39 is 65.3 Å². The van der Waals surface area contributed by atoms with Crippen molar-refractivity contribution in [2.75, 3.05) is 93.4 Å². The Labute approximate surface area is 413 Å². The van der Waals surface area contributed by atoms with E-state index in [4.69, 9.17) is 43.6 Å². The number of hydrogen-bond acceptors (Lipinski definition) is 16. The molecular formula is C52H77N5O13. The van der Waals surface area contributed by atoms with Crippen LogP contribution in [0.2, 0.25) is 0 Å². The maximum atomic E-state index is 14.6. The lowest BCUT2D eigenvalue weighted by atomic mass is 9.78. The number of alkyl carbamates (subject to hydrolysis) is 1. The lowest BCUT2D eigenvalue weighted by Gasteiger charge is -2.36. The minimum absolute atomic E-state index is 0.0695. The monoisotopic (exact) mass is 980 g/mol. The van der Waals surface area contributed by atoms with Gasteiger partial charge in [-0.3, -0.25) is 29.6 Å². The molecule has 18 nitrogen and oxygen atoms in total. The summed E-state index contributed by atoms with van der Waals surface area (Å²) in [5.74, 6) is -3.53. The molecule has 2 aromatic carbocycles. The fourth-order valence-corrected chi connectivity index (χ4v) is 7.34. The SMILES string of the molecule is COCCOCCOCCOCCOCCOC(=O)N[C@H](C(=O)C[C@@H](Cc1ccccc1)[C@H](CN(Cc1ccc(-c2ccccn2)cc1)NC(=O)[C@@H](CC(=O)OC)C(C)(C)C)OC(=O)CN)C(C)(C)C. The maximum absolute atomic E-state index is 14.6. The van der Waals surface area contributed by atoms with Gasteiger partial charge in [-0.15, -0.1) is 0 Å². The Morgan fingerprint density at radius 3 is 1.79 bits per heavy atom. The molecule has 4 atom stereocenters. The Bertz CT molecular complexity index is 1980. The molecule has 0 spiro atoms. The van der Waals surface area contributed by atoms with Gasteiger partial charge in [0.2, 0.25) is 5.91 Å². The molecule has 0 unspecified atom stereocenters. The number of amides is 2. The molecular weight excluding hydrogens is 903 g/mol. The molecule has 2 amide bonds. The summed E-state index contributed by atoms with van der Waals surface area (Å²) < 4.78 is 43.3. The van der Waals surface area contributed by atoms with Gasteiger partial charge in [0.05, 0.1) is 104 Å². The third kappa shape index (κ3) is 23.1. The summed E-state index contributed by atoms with van der Waals surface area (Å²) >= 11 is 0. The molecule has 3 rings (SSSR count). The molecule has 0 saturated carbocycles. The van der Waals surface area contributed by atoms with E-state index >= 15 is 0 Å². The molecule has 0 aliphatic carbocycles. The molecule has 0 bridgehead atoms. The number of methoxy groups -OCH3 is 2. The molecule has 4 N–H and O–H groups in total. The Morgan fingerprint density at radius 2 is 1.26 bits per heavy atom. The number of esters is 2.